The van der Waals surface area contributed by atoms with Crippen molar-refractivity contribution in [1.29, 1.82) is 2.67 Å². The van der Waals surface area contributed by atoms with Gasteiger partial charge in [0.1, 0.15) is 26.4 Å². The molecule has 1 aromatic heterocycles. The number of hydrogen-bond donors (Lipinski definition) is 2. The second-order valence-corrected chi connectivity index (χ2v) is 9.20. The first kappa shape index (κ1) is 25.5. The van der Waals surface area contributed by atoms with E-state index in [1.54, 1.807) is 24.3 Å². The summed E-state index contributed by atoms with van der Waals surface area (Å²) < 4.78 is 32.3. The lowest BCUT2D eigenvalue weighted by atomic mass is 10.0. The minimum atomic E-state index is -0.961. The van der Waals surface area contributed by atoms with Gasteiger partial charge in [0.25, 0.3) is 5.91 Å². The highest BCUT2D eigenvalue weighted by Crippen LogP contribution is 2.33. The van der Waals surface area contributed by atoms with Gasteiger partial charge < -0.3 is 24.3 Å². The van der Waals surface area contributed by atoms with E-state index in [1.165, 1.54) is 23.9 Å². The zero-order chi connectivity index (χ0) is 28.4. The summed E-state index contributed by atoms with van der Waals surface area (Å²) in [5, 5.41) is 5.03. The number of carbonyl (C=O) groups is 3. The van der Waals surface area contributed by atoms with Gasteiger partial charge in [-0.25, -0.2) is 4.79 Å². The number of nitrogens with zero attached hydrogens (tertiary/aromatic N) is 2. The van der Waals surface area contributed by atoms with E-state index in [0.29, 0.717) is 17.5 Å². The first-order chi connectivity index (χ1) is 18.7. The van der Waals surface area contributed by atoms with Crippen molar-refractivity contribution in [3.05, 3.63) is 58.1 Å². The number of aromatic nitrogens is 2. The number of esters is 1. The third kappa shape index (κ3) is 8.44. The Balaban J connectivity index is 1.49. The van der Waals surface area contributed by atoms with Gasteiger partial charge in [-0.05, 0) is 56.5 Å². The number of ether oxygens (including phenoxy) is 2. The molecule has 0 spiro atoms. The zero-order valence-corrected chi connectivity index (χ0v) is 21.5. The highest BCUT2D eigenvalue weighted by atomic mass is 32.2. The summed E-state index contributed by atoms with van der Waals surface area (Å²) in [5.74, 6) is -0.982. The molecule has 2 amide bonds. The van der Waals surface area contributed by atoms with Crippen molar-refractivity contribution in [2.75, 3.05) is 24.6 Å². The fourth-order valence-corrected chi connectivity index (χ4v) is 3.95. The van der Waals surface area contributed by atoms with Gasteiger partial charge >= 0.3 is 11.7 Å². The van der Waals surface area contributed by atoms with Crippen LogP contribution in [0.5, 0.6) is 0 Å². The number of hydrogen-bond acceptors (Lipinski definition) is 9. The molecule has 0 saturated carbocycles. The maximum absolute atomic E-state index is 12.6. The van der Waals surface area contributed by atoms with E-state index < -0.39 is 31.6 Å². The Kier molecular flexibility index (Phi) is 9.62. The average molecular weight is 533 g/mol. The van der Waals surface area contributed by atoms with E-state index in [0.717, 1.165) is 12.0 Å². The zero-order valence-electron chi connectivity index (χ0n) is 22.7. The molecule has 3 rings (SSSR count). The molecule has 0 bridgehead atoms. The quantitative estimate of drug-likeness (QED) is 0.169. The summed E-state index contributed by atoms with van der Waals surface area (Å²) in [7, 11) is 0.532. The summed E-state index contributed by atoms with van der Waals surface area (Å²) in [4.78, 5) is 52.2. The Morgan fingerprint density at radius 3 is 2.81 bits per heavy atom. The highest BCUT2D eigenvalue weighted by molar-refractivity contribution is 7.95. The minimum absolute atomic E-state index is 0.0127. The lowest BCUT2D eigenvalue weighted by Gasteiger charge is -2.16. The van der Waals surface area contributed by atoms with Crippen molar-refractivity contribution in [2.24, 2.45) is 5.92 Å². The van der Waals surface area contributed by atoms with Crippen LogP contribution in [-0.2, 0) is 29.9 Å². The largest absolute Gasteiger partial charge is 0.461 e. The van der Waals surface area contributed by atoms with E-state index in [-0.39, 0.29) is 55.5 Å². The first-order valence-corrected chi connectivity index (χ1v) is 12.7. The van der Waals surface area contributed by atoms with Crippen molar-refractivity contribution < 1.29 is 28.0 Å². The minimum Gasteiger partial charge on any atom is -0.461 e. The topological polar surface area (TPSA) is 138 Å². The SMILES string of the molecule is [2H]B([3H])CSOC[C@H]1O[C@@H](n2ccc(NC(=O)c3ccc(COC(=O)CCC(=O)NC)cc3)nc2=O)C[C@@H]1C. The van der Waals surface area contributed by atoms with Gasteiger partial charge in [0.15, 0.2) is 0 Å². The molecule has 1 aromatic carbocycles. The lowest BCUT2D eigenvalue weighted by Crippen LogP contribution is -2.28. The summed E-state index contributed by atoms with van der Waals surface area (Å²) >= 11 is 1.06. The van der Waals surface area contributed by atoms with Crippen LogP contribution < -0.4 is 16.3 Å². The predicted octanol–water partition coefficient (Wildman–Crippen LogP) is 1.24. The van der Waals surface area contributed by atoms with Crippen LogP contribution in [0.2, 0.25) is 0 Å². The molecule has 1 aliphatic rings. The normalized spacial score (nSPS) is 19.5. The van der Waals surface area contributed by atoms with Crippen LogP contribution in [-0.4, -0.2) is 63.2 Å². The number of rotatable bonds is 13. The van der Waals surface area contributed by atoms with Gasteiger partial charge in [-0.15, -0.1) is 0 Å². The highest BCUT2D eigenvalue weighted by Gasteiger charge is 2.34. The standard InChI is InChI=1S/C24H31BN4O7S/c1-15-11-21(36-18(15)13-35-37-14-25)29-10-9-19(28-24(29)33)27-23(32)17-5-3-16(4-6-17)12-34-22(31)8-7-20(30)26-2/h3-6,9-10,15,18,21H,7-8,11-14,25H2,1-2H3,(H,26,30)(H,27,28,32,33)/t15-,18+,21+/m0/s1/i25TD. The van der Waals surface area contributed by atoms with Crippen molar-refractivity contribution in [3.8, 4) is 0 Å². The van der Waals surface area contributed by atoms with Crippen LogP contribution in [0.15, 0.2) is 41.3 Å². The maximum Gasteiger partial charge on any atom is 0.351 e. The summed E-state index contributed by atoms with van der Waals surface area (Å²) in [6.45, 7) is 2.29. The molecule has 37 heavy (non-hydrogen) atoms. The molecule has 0 radical (unpaired) electrons. The van der Waals surface area contributed by atoms with Gasteiger partial charge in [-0.1, -0.05) is 19.1 Å². The Morgan fingerprint density at radius 2 is 2.11 bits per heavy atom. The van der Waals surface area contributed by atoms with E-state index in [4.69, 9.17) is 16.3 Å². The molecule has 0 aliphatic carbocycles. The summed E-state index contributed by atoms with van der Waals surface area (Å²) in [6.07, 6.45) is 1.38. The summed E-state index contributed by atoms with van der Waals surface area (Å²) in [6, 6.07) is 7.92. The third-order valence-electron chi connectivity index (χ3n) is 5.76. The van der Waals surface area contributed by atoms with Crippen molar-refractivity contribution in [2.45, 2.75) is 45.1 Å². The Hall–Kier alpha value is -3.16. The van der Waals surface area contributed by atoms with E-state index in [2.05, 4.69) is 15.6 Å². The van der Waals surface area contributed by atoms with Gasteiger partial charge in [0, 0.05) is 25.2 Å². The van der Waals surface area contributed by atoms with Gasteiger partial charge in [-0.3, -0.25) is 19.0 Å². The van der Waals surface area contributed by atoms with Crippen LogP contribution in [0.4, 0.5) is 5.82 Å². The lowest BCUT2D eigenvalue weighted by molar-refractivity contribution is -0.146. The van der Waals surface area contributed by atoms with Crippen LogP contribution in [0.25, 0.3) is 0 Å². The van der Waals surface area contributed by atoms with E-state index in [1.807, 2.05) is 6.92 Å². The molecule has 11 nitrogen and oxygen atoms in total. The predicted molar refractivity (Wildman–Crippen MR) is 141 cm³/mol. The van der Waals surface area contributed by atoms with Crippen LogP contribution in [0, 0.1) is 5.92 Å². The number of carbonyl (C=O) groups excluding carboxylic acids is 3. The molecule has 2 N–H and O–H groups in total. The fourth-order valence-electron chi connectivity index (χ4n) is 3.63. The third-order valence-corrected chi connectivity index (χ3v) is 6.20. The van der Waals surface area contributed by atoms with Crippen LogP contribution >= 0.6 is 12.0 Å². The van der Waals surface area contributed by atoms with Gasteiger partial charge in [0.2, 0.25) is 5.91 Å². The first-order valence-electron chi connectivity index (χ1n) is 12.9. The number of nitrogens with one attached hydrogen (secondary N) is 2. The smallest absolute Gasteiger partial charge is 0.351 e. The van der Waals surface area contributed by atoms with Crippen molar-refractivity contribution in [3.63, 3.8) is 0 Å². The number of benzene rings is 1. The molecule has 198 valence electrons. The molecule has 2 aromatic rings. The van der Waals surface area contributed by atoms with Gasteiger partial charge in [0.05, 0.1) is 19.1 Å². The van der Waals surface area contributed by atoms with E-state index in [9.17, 15) is 19.2 Å². The molecule has 3 atom stereocenters. The van der Waals surface area contributed by atoms with E-state index >= 15 is 0 Å². The monoisotopic (exact) mass is 533 g/mol. The molecule has 2 heterocycles. The molecule has 1 fully saturated rings. The number of anilines is 1. The van der Waals surface area contributed by atoms with Crippen LogP contribution in [0.1, 0.15) is 48.3 Å². The van der Waals surface area contributed by atoms with Gasteiger partial charge in [-0.2, -0.15) is 4.98 Å². The van der Waals surface area contributed by atoms with Crippen LogP contribution in [0.3, 0.4) is 0 Å². The molecular formula is C24H31BN4O7S. The molecule has 13 heteroatoms. The van der Waals surface area contributed by atoms with Crippen molar-refractivity contribution in [1.82, 2.24) is 14.9 Å². The number of amides is 2. The molecule has 0 unspecified atom stereocenters. The Morgan fingerprint density at radius 1 is 1.32 bits per heavy atom. The second-order valence-electron chi connectivity index (χ2n) is 8.40. The second kappa shape index (κ2) is 14.0. The average Bonchev–Trinajstić information content (AvgIpc) is 3.28. The molecule has 1 aliphatic heterocycles. The fraction of sp³-hybridized carbons (Fsp3) is 0.458. The summed E-state index contributed by atoms with van der Waals surface area (Å²) in [5.41, 5.74) is 0.667. The molecule has 1 saturated heterocycles. The maximum atomic E-state index is 12.6. The molecular weight excluding hydrogens is 499 g/mol. The van der Waals surface area contributed by atoms with Crippen molar-refractivity contribution >= 4 is 43.4 Å². The Bertz CT molecular complexity index is 1200. The Labute approximate surface area is 223 Å².